The molecule has 2 heterocycles. The Balaban J connectivity index is 1.86. The topological polar surface area (TPSA) is 49.3 Å². The van der Waals surface area contributed by atoms with Crippen molar-refractivity contribution in [3.05, 3.63) is 44.8 Å². The second kappa shape index (κ2) is 5.25. The fraction of sp³-hybridized carbons (Fsp3) is 0.182. The van der Waals surface area contributed by atoms with Crippen LogP contribution >= 0.6 is 22.7 Å². The fourth-order valence-corrected chi connectivity index (χ4v) is 2.62. The Morgan fingerprint density at radius 3 is 2.69 bits per heavy atom. The van der Waals surface area contributed by atoms with E-state index in [-0.39, 0.29) is 12.5 Å². The van der Waals surface area contributed by atoms with Crippen LogP contribution in [0, 0.1) is 0 Å². The number of rotatable bonds is 4. The molecule has 2 aromatic heterocycles. The Morgan fingerprint density at radius 1 is 1.31 bits per heavy atom. The van der Waals surface area contributed by atoms with Crippen LogP contribution in [0.2, 0.25) is 0 Å². The molecule has 0 aliphatic heterocycles. The Bertz CT molecular complexity index is 437. The summed E-state index contributed by atoms with van der Waals surface area (Å²) in [7, 11) is 0. The van der Waals surface area contributed by atoms with E-state index in [9.17, 15) is 9.90 Å². The maximum atomic E-state index is 11.6. The third kappa shape index (κ3) is 2.69. The summed E-state index contributed by atoms with van der Waals surface area (Å²) < 4.78 is 0. The highest BCUT2D eigenvalue weighted by Crippen LogP contribution is 2.18. The summed E-state index contributed by atoms with van der Waals surface area (Å²) in [6.45, 7) is 0.247. The lowest BCUT2D eigenvalue weighted by atomic mass is 10.3. The second-order valence-electron chi connectivity index (χ2n) is 3.22. The summed E-state index contributed by atoms with van der Waals surface area (Å²) in [5, 5.41) is 16.2. The number of thiophene rings is 2. The van der Waals surface area contributed by atoms with Gasteiger partial charge in [0.25, 0.3) is 5.91 Å². The van der Waals surface area contributed by atoms with E-state index in [4.69, 9.17) is 0 Å². The highest BCUT2D eigenvalue weighted by molar-refractivity contribution is 7.12. The van der Waals surface area contributed by atoms with Gasteiger partial charge in [0.1, 0.15) is 6.10 Å². The van der Waals surface area contributed by atoms with Gasteiger partial charge in [-0.15, -0.1) is 22.7 Å². The number of aliphatic hydroxyl groups excluding tert-OH is 1. The van der Waals surface area contributed by atoms with Crippen molar-refractivity contribution in [3.63, 3.8) is 0 Å². The lowest BCUT2D eigenvalue weighted by Crippen LogP contribution is -2.27. The van der Waals surface area contributed by atoms with Crippen molar-refractivity contribution in [2.75, 3.05) is 6.54 Å². The van der Waals surface area contributed by atoms with Crippen LogP contribution in [0.25, 0.3) is 0 Å². The van der Waals surface area contributed by atoms with Gasteiger partial charge in [0.2, 0.25) is 0 Å². The molecule has 5 heteroatoms. The Kier molecular flexibility index (Phi) is 3.71. The summed E-state index contributed by atoms with van der Waals surface area (Å²) in [4.78, 5) is 13.1. The van der Waals surface area contributed by atoms with Gasteiger partial charge in [-0.1, -0.05) is 12.1 Å². The maximum Gasteiger partial charge on any atom is 0.261 e. The minimum atomic E-state index is -0.621. The second-order valence-corrected chi connectivity index (χ2v) is 5.15. The number of hydrogen-bond acceptors (Lipinski definition) is 4. The minimum Gasteiger partial charge on any atom is -0.386 e. The first kappa shape index (κ1) is 11.3. The van der Waals surface area contributed by atoms with Gasteiger partial charge in [0, 0.05) is 11.4 Å². The van der Waals surface area contributed by atoms with Crippen LogP contribution in [0.3, 0.4) is 0 Å². The highest BCUT2D eigenvalue weighted by Gasteiger charge is 2.11. The van der Waals surface area contributed by atoms with Crippen molar-refractivity contribution < 1.29 is 9.90 Å². The minimum absolute atomic E-state index is 0.134. The van der Waals surface area contributed by atoms with E-state index in [0.29, 0.717) is 4.88 Å². The molecule has 0 saturated heterocycles. The highest BCUT2D eigenvalue weighted by atomic mass is 32.1. The molecule has 16 heavy (non-hydrogen) atoms. The van der Waals surface area contributed by atoms with Crippen molar-refractivity contribution >= 4 is 28.6 Å². The molecule has 0 spiro atoms. The molecule has 0 aromatic carbocycles. The van der Waals surface area contributed by atoms with Crippen LogP contribution in [-0.4, -0.2) is 17.6 Å². The van der Waals surface area contributed by atoms with Crippen molar-refractivity contribution in [3.8, 4) is 0 Å². The van der Waals surface area contributed by atoms with Gasteiger partial charge in [0.15, 0.2) is 0 Å². The predicted molar refractivity (Wildman–Crippen MR) is 65.9 cm³/mol. The Labute approximate surface area is 101 Å². The van der Waals surface area contributed by atoms with Gasteiger partial charge in [-0.05, 0) is 22.9 Å². The molecule has 84 valence electrons. The van der Waals surface area contributed by atoms with Crippen molar-refractivity contribution in [1.29, 1.82) is 0 Å². The SMILES string of the molecule is O=C(NCC(O)c1cccs1)c1cccs1. The predicted octanol–water partition coefficient (Wildman–Crippen LogP) is 2.27. The van der Waals surface area contributed by atoms with Gasteiger partial charge < -0.3 is 10.4 Å². The summed E-state index contributed by atoms with van der Waals surface area (Å²) in [5.74, 6) is -0.134. The third-order valence-corrected chi connectivity index (χ3v) is 3.91. The third-order valence-electron chi connectivity index (χ3n) is 2.07. The Morgan fingerprint density at radius 2 is 2.06 bits per heavy atom. The molecular weight excluding hydrogens is 242 g/mol. The lowest BCUT2D eigenvalue weighted by Gasteiger charge is -2.09. The fourth-order valence-electron chi connectivity index (χ4n) is 1.27. The van der Waals surface area contributed by atoms with Gasteiger partial charge in [0.05, 0.1) is 4.88 Å². The average molecular weight is 253 g/mol. The lowest BCUT2D eigenvalue weighted by molar-refractivity contribution is 0.0922. The first-order chi connectivity index (χ1) is 7.77. The van der Waals surface area contributed by atoms with E-state index in [1.165, 1.54) is 22.7 Å². The number of carbonyl (C=O) groups is 1. The Hall–Kier alpha value is -1.17. The zero-order chi connectivity index (χ0) is 11.4. The van der Waals surface area contributed by atoms with E-state index in [2.05, 4.69) is 5.32 Å². The molecule has 2 rings (SSSR count). The van der Waals surface area contributed by atoms with E-state index in [1.54, 1.807) is 6.07 Å². The van der Waals surface area contributed by atoms with Crippen LogP contribution in [0.1, 0.15) is 20.7 Å². The summed E-state index contributed by atoms with van der Waals surface area (Å²) in [6, 6.07) is 7.32. The molecule has 1 unspecified atom stereocenters. The number of amides is 1. The van der Waals surface area contributed by atoms with Crippen molar-refractivity contribution in [2.45, 2.75) is 6.10 Å². The van der Waals surface area contributed by atoms with Gasteiger partial charge in [-0.2, -0.15) is 0 Å². The quantitative estimate of drug-likeness (QED) is 0.878. The molecule has 0 saturated carbocycles. The molecule has 2 N–H and O–H groups in total. The van der Waals surface area contributed by atoms with Crippen LogP contribution in [0.15, 0.2) is 35.0 Å². The molecule has 1 atom stereocenters. The normalized spacial score (nSPS) is 12.3. The molecule has 0 bridgehead atoms. The van der Waals surface area contributed by atoms with Gasteiger partial charge in [-0.25, -0.2) is 0 Å². The number of aliphatic hydroxyl groups is 1. The molecule has 0 radical (unpaired) electrons. The molecule has 2 aromatic rings. The molecular formula is C11H11NO2S2. The molecule has 1 amide bonds. The zero-order valence-electron chi connectivity index (χ0n) is 8.42. The van der Waals surface area contributed by atoms with Crippen molar-refractivity contribution in [2.24, 2.45) is 0 Å². The average Bonchev–Trinajstić information content (AvgIpc) is 2.95. The largest absolute Gasteiger partial charge is 0.386 e. The van der Waals surface area contributed by atoms with E-state index < -0.39 is 6.10 Å². The molecule has 0 fully saturated rings. The number of hydrogen-bond donors (Lipinski definition) is 2. The van der Waals surface area contributed by atoms with E-state index in [0.717, 1.165) is 4.88 Å². The first-order valence-electron chi connectivity index (χ1n) is 4.80. The van der Waals surface area contributed by atoms with E-state index >= 15 is 0 Å². The van der Waals surface area contributed by atoms with Crippen molar-refractivity contribution in [1.82, 2.24) is 5.32 Å². The molecule has 0 aliphatic rings. The van der Waals surface area contributed by atoms with Gasteiger partial charge in [-0.3, -0.25) is 4.79 Å². The van der Waals surface area contributed by atoms with Crippen LogP contribution in [-0.2, 0) is 0 Å². The molecule has 0 aliphatic carbocycles. The van der Waals surface area contributed by atoms with E-state index in [1.807, 2.05) is 29.0 Å². The summed E-state index contributed by atoms with van der Waals surface area (Å²) in [5.41, 5.74) is 0. The van der Waals surface area contributed by atoms with Gasteiger partial charge >= 0.3 is 0 Å². The maximum absolute atomic E-state index is 11.6. The smallest absolute Gasteiger partial charge is 0.261 e. The van der Waals surface area contributed by atoms with Crippen LogP contribution < -0.4 is 5.32 Å². The number of carbonyl (C=O) groups excluding carboxylic acids is 1. The molecule has 3 nitrogen and oxygen atoms in total. The number of nitrogens with one attached hydrogen (secondary N) is 1. The summed E-state index contributed by atoms with van der Waals surface area (Å²) in [6.07, 6.45) is -0.621. The monoisotopic (exact) mass is 253 g/mol. The zero-order valence-corrected chi connectivity index (χ0v) is 10.1. The summed E-state index contributed by atoms with van der Waals surface area (Å²) >= 11 is 2.87. The van der Waals surface area contributed by atoms with Crippen LogP contribution in [0.4, 0.5) is 0 Å². The standard InChI is InChI=1S/C11H11NO2S2/c13-8(9-3-1-5-15-9)7-12-11(14)10-4-2-6-16-10/h1-6,8,13H,7H2,(H,12,14). The van der Waals surface area contributed by atoms with Crippen LogP contribution in [0.5, 0.6) is 0 Å². The first-order valence-corrected chi connectivity index (χ1v) is 6.56.